The molecule has 1 aromatic heterocycles. The molecule has 2 rings (SSSR count). The number of aromatic nitrogens is 1. The van der Waals surface area contributed by atoms with E-state index in [9.17, 15) is 45.8 Å². The average molecular weight is 633 g/mol. The number of carboxylic acids is 1. The Bertz CT molecular complexity index is 1210. The van der Waals surface area contributed by atoms with Crippen LogP contribution >= 0.6 is 23.2 Å². The number of rotatable bonds is 9. The van der Waals surface area contributed by atoms with Gasteiger partial charge in [0.05, 0.1) is 45.1 Å². The molecule has 1 aliphatic carbocycles. The minimum atomic E-state index is -5.28. The first-order valence-corrected chi connectivity index (χ1v) is 12.9. The summed E-state index contributed by atoms with van der Waals surface area (Å²) in [5.74, 6) is -5.13. The van der Waals surface area contributed by atoms with E-state index in [0.29, 0.717) is 13.8 Å². The van der Waals surface area contributed by atoms with Gasteiger partial charge in [0.25, 0.3) is 5.91 Å². The highest BCUT2D eigenvalue weighted by Crippen LogP contribution is 2.39. The van der Waals surface area contributed by atoms with E-state index in [1.54, 1.807) is 6.92 Å². The lowest BCUT2D eigenvalue weighted by molar-refractivity contribution is -0.216. The predicted octanol–water partition coefficient (Wildman–Crippen LogP) is 5.72. The standard InChI is InChI=1S/C25H28Cl2F6N4O4/c1-12-6-13(4-5-14(12)22(40)41)36-20(24(28,29)30)15(7-34)21(39)37(11-23(2,3)25(31,32)33)10-18(38)19-16(26)8-35-9-17(19)27/h7-9,12-14H,4-6,10-11,34H2,1-3H3,(H,40,41)/t12-,13-,14-/m0/s1. The molecule has 0 radical (unpaired) electrons. The Morgan fingerprint density at radius 1 is 1.12 bits per heavy atom. The summed E-state index contributed by atoms with van der Waals surface area (Å²) in [6, 6.07) is -1.05. The molecule has 1 aromatic rings. The number of aliphatic imine (C=N–C) groups is 1. The van der Waals surface area contributed by atoms with Gasteiger partial charge in [0.15, 0.2) is 11.5 Å². The van der Waals surface area contributed by atoms with Crippen molar-refractivity contribution in [3.63, 3.8) is 0 Å². The van der Waals surface area contributed by atoms with Crippen LogP contribution in [0.5, 0.6) is 0 Å². The lowest BCUT2D eigenvalue weighted by atomic mass is 9.78. The Hall–Kier alpha value is -2.87. The van der Waals surface area contributed by atoms with Crippen molar-refractivity contribution in [1.82, 2.24) is 9.88 Å². The fraction of sp³-hybridized carbons (Fsp3) is 0.560. The topological polar surface area (TPSA) is 126 Å². The Morgan fingerprint density at radius 3 is 2.12 bits per heavy atom. The molecular weight excluding hydrogens is 605 g/mol. The molecule has 0 bridgehead atoms. The number of halogens is 8. The number of alkyl halides is 6. The molecular formula is C25H28Cl2F6N4O4. The molecule has 0 aromatic carbocycles. The molecule has 1 heterocycles. The van der Waals surface area contributed by atoms with Gasteiger partial charge in [0, 0.05) is 25.1 Å². The molecule has 0 saturated heterocycles. The molecule has 1 fully saturated rings. The van der Waals surface area contributed by atoms with Crippen LogP contribution in [0, 0.1) is 17.3 Å². The van der Waals surface area contributed by atoms with E-state index in [2.05, 4.69) is 9.98 Å². The maximum Gasteiger partial charge on any atom is 0.433 e. The Labute approximate surface area is 241 Å². The maximum absolute atomic E-state index is 14.2. The van der Waals surface area contributed by atoms with Crippen molar-refractivity contribution in [2.45, 2.75) is 58.4 Å². The third kappa shape index (κ3) is 8.34. The van der Waals surface area contributed by atoms with Gasteiger partial charge in [-0.2, -0.15) is 26.3 Å². The predicted molar refractivity (Wildman–Crippen MR) is 139 cm³/mol. The van der Waals surface area contributed by atoms with Gasteiger partial charge in [-0.15, -0.1) is 0 Å². The minimum absolute atomic E-state index is 0.0271. The number of amides is 1. The van der Waals surface area contributed by atoms with Crippen LogP contribution in [0.2, 0.25) is 10.0 Å². The Kier molecular flexibility index (Phi) is 10.9. The van der Waals surface area contributed by atoms with Crippen LogP contribution < -0.4 is 5.73 Å². The van der Waals surface area contributed by atoms with Gasteiger partial charge in [-0.1, -0.05) is 30.1 Å². The summed E-state index contributed by atoms with van der Waals surface area (Å²) in [6.45, 7) is 0.588. The molecule has 228 valence electrons. The quantitative estimate of drug-likeness (QED) is 0.155. The van der Waals surface area contributed by atoms with Gasteiger partial charge in [0.1, 0.15) is 0 Å². The van der Waals surface area contributed by atoms with Crippen molar-refractivity contribution in [3.05, 3.63) is 39.8 Å². The van der Waals surface area contributed by atoms with E-state index >= 15 is 0 Å². The lowest BCUT2D eigenvalue weighted by Gasteiger charge is -2.35. The van der Waals surface area contributed by atoms with Crippen LogP contribution in [0.15, 0.2) is 29.2 Å². The molecule has 1 saturated carbocycles. The van der Waals surface area contributed by atoms with Gasteiger partial charge in [-0.25, -0.2) is 0 Å². The molecule has 41 heavy (non-hydrogen) atoms. The second kappa shape index (κ2) is 13.0. The van der Waals surface area contributed by atoms with E-state index in [1.165, 1.54) is 0 Å². The number of nitrogens with zero attached hydrogens (tertiary/aromatic N) is 3. The van der Waals surface area contributed by atoms with Crippen LogP contribution in [-0.4, -0.2) is 69.8 Å². The van der Waals surface area contributed by atoms with E-state index in [4.69, 9.17) is 28.9 Å². The maximum atomic E-state index is 14.2. The highest BCUT2D eigenvalue weighted by atomic mass is 35.5. The molecule has 0 spiro atoms. The second-order valence-corrected chi connectivity index (χ2v) is 11.2. The van der Waals surface area contributed by atoms with Gasteiger partial charge in [-0.3, -0.25) is 24.4 Å². The average Bonchev–Trinajstić information content (AvgIpc) is 2.81. The minimum Gasteiger partial charge on any atom is -0.481 e. The zero-order valence-corrected chi connectivity index (χ0v) is 23.6. The SMILES string of the molecule is C[C@H]1C[C@@H](N=C(C(=CN)C(=O)N(CC(=O)c2c(Cl)cncc2Cl)CC(C)(C)C(F)(F)F)C(F)(F)F)CC[C@@H]1C(=O)O. The number of Topliss-reactive ketones (excluding diaryl/α,β-unsaturated/α-hetero) is 1. The zero-order valence-electron chi connectivity index (χ0n) is 22.1. The highest BCUT2D eigenvalue weighted by Gasteiger charge is 2.50. The normalized spacial score (nSPS) is 21.0. The summed E-state index contributed by atoms with van der Waals surface area (Å²) < 4.78 is 83.9. The number of hydrogen-bond donors (Lipinski definition) is 2. The number of aliphatic carboxylic acids is 1. The van der Waals surface area contributed by atoms with Crippen molar-refractivity contribution >= 4 is 46.6 Å². The smallest absolute Gasteiger partial charge is 0.433 e. The summed E-state index contributed by atoms with van der Waals surface area (Å²) in [5, 5.41) is 8.71. The molecule has 0 unspecified atom stereocenters. The number of hydrogen-bond acceptors (Lipinski definition) is 6. The number of carboxylic acid groups (broad SMARTS) is 1. The molecule has 16 heteroatoms. The zero-order chi connectivity index (χ0) is 31.5. The van der Waals surface area contributed by atoms with E-state index in [0.717, 1.165) is 12.4 Å². The fourth-order valence-electron chi connectivity index (χ4n) is 4.45. The van der Waals surface area contributed by atoms with Crippen molar-refractivity contribution in [3.8, 4) is 0 Å². The number of carbonyl (C=O) groups is 3. The largest absolute Gasteiger partial charge is 0.481 e. The number of carbonyl (C=O) groups excluding carboxylic acids is 2. The van der Waals surface area contributed by atoms with E-state index in [1.807, 2.05) is 0 Å². The van der Waals surface area contributed by atoms with Gasteiger partial charge in [0.2, 0.25) is 0 Å². The first kappa shape index (κ1) is 34.3. The molecule has 8 nitrogen and oxygen atoms in total. The third-order valence-corrected chi connectivity index (χ3v) is 7.37. The fourth-order valence-corrected chi connectivity index (χ4v) is 5.02. The van der Waals surface area contributed by atoms with E-state index < -0.39 is 83.2 Å². The van der Waals surface area contributed by atoms with Crippen molar-refractivity contribution in [1.29, 1.82) is 0 Å². The molecule has 1 aliphatic rings. The lowest BCUT2D eigenvalue weighted by Crippen LogP contribution is -2.49. The summed E-state index contributed by atoms with van der Waals surface area (Å²) >= 11 is 11.9. The molecule has 3 N–H and O–H groups in total. The monoisotopic (exact) mass is 632 g/mol. The molecule has 1 amide bonds. The molecule has 3 atom stereocenters. The van der Waals surface area contributed by atoms with Crippen LogP contribution in [0.3, 0.4) is 0 Å². The van der Waals surface area contributed by atoms with Crippen molar-refractivity contribution in [2.24, 2.45) is 28.0 Å². The summed E-state index contributed by atoms with van der Waals surface area (Å²) in [6.07, 6.45) is -7.96. The van der Waals surface area contributed by atoms with Crippen LogP contribution in [0.1, 0.15) is 50.4 Å². The number of pyridine rings is 1. The van der Waals surface area contributed by atoms with Gasteiger partial charge in [-0.05, 0) is 39.0 Å². The van der Waals surface area contributed by atoms with Gasteiger partial charge >= 0.3 is 18.3 Å². The highest BCUT2D eigenvalue weighted by molar-refractivity contribution is 6.39. The van der Waals surface area contributed by atoms with Crippen molar-refractivity contribution in [2.75, 3.05) is 13.1 Å². The van der Waals surface area contributed by atoms with E-state index in [-0.39, 0.29) is 40.4 Å². The summed E-state index contributed by atoms with van der Waals surface area (Å²) in [7, 11) is 0. The van der Waals surface area contributed by atoms with Crippen LogP contribution in [0.25, 0.3) is 0 Å². The van der Waals surface area contributed by atoms with Gasteiger partial charge < -0.3 is 15.7 Å². The summed E-state index contributed by atoms with van der Waals surface area (Å²) in [4.78, 5) is 45.5. The summed E-state index contributed by atoms with van der Waals surface area (Å²) in [5.41, 5.74) is -0.672. The number of ketones is 1. The Morgan fingerprint density at radius 2 is 1.68 bits per heavy atom. The first-order chi connectivity index (χ1) is 18.7. The first-order valence-electron chi connectivity index (χ1n) is 12.2. The third-order valence-electron chi connectivity index (χ3n) is 6.80. The number of nitrogens with two attached hydrogens (primary N) is 1. The second-order valence-electron chi connectivity index (χ2n) is 10.4. The van der Waals surface area contributed by atoms with Crippen LogP contribution in [0.4, 0.5) is 26.3 Å². The molecule has 0 aliphatic heterocycles. The Balaban J connectivity index is 2.55. The van der Waals surface area contributed by atoms with Crippen LogP contribution in [-0.2, 0) is 9.59 Å². The van der Waals surface area contributed by atoms with Crippen molar-refractivity contribution < 1.29 is 45.8 Å².